The smallest absolute Gasteiger partial charge is 0.282 e. The van der Waals surface area contributed by atoms with E-state index in [4.69, 9.17) is 18.9 Å². The Morgan fingerprint density at radius 3 is 1.64 bits per heavy atom. The lowest BCUT2D eigenvalue weighted by Crippen LogP contribution is -2.49. The van der Waals surface area contributed by atoms with Crippen LogP contribution in [0.4, 0.5) is 4.11 Å². The minimum absolute atomic E-state index is 0.0159. The Labute approximate surface area is 290 Å². The number of hydrogen-bond donors (Lipinski definition) is 0. The first-order chi connectivity index (χ1) is 22.5. The molecule has 2 saturated heterocycles. The number of aryl methyl sites for hydroxylation is 2. The van der Waals surface area contributed by atoms with Crippen molar-refractivity contribution >= 4 is 27.6 Å². The maximum Gasteiger partial charge on any atom is 0.282 e. The first-order valence-electron chi connectivity index (χ1n) is 18.9. The zero-order chi connectivity index (χ0) is 34.2. The normalized spacial score (nSPS) is 19.1. The Balaban J connectivity index is 0.000000256. The Kier molecular flexibility index (Phi) is 17.9. The van der Waals surface area contributed by atoms with E-state index in [0.29, 0.717) is 6.61 Å². The standard InChI is InChI=1S/C20H33FO2Si.C20H34O2Si/c1-16(2)24(21,17(3)4)19-11-7-9-18(15-19)10-8-14-23-20-12-5-6-13-22-20;1-16(2)23(17(3)4)19-11-7-9-18(15-19)10-8-14-22-20-12-5-6-13-21-20/h7,9,11,15-17,20H,5-6,8,10,12-14H2,1-4H3;7,9,11,15-17,20,23H,5-6,8,10,12-14H2,1-4H3. The summed E-state index contributed by atoms with van der Waals surface area (Å²) >= 11 is 0. The van der Waals surface area contributed by atoms with Crippen LogP contribution in [-0.4, -0.2) is 56.2 Å². The van der Waals surface area contributed by atoms with Crippen LogP contribution >= 0.6 is 0 Å². The van der Waals surface area contributed by atoms with Crippen molar-refractivity contribution in [1.29, 1.82) is 0 Å². The molecule has 0 N–H and O–H groups in total. The second kappa shape index (κ2) is 21.0. The fourth-order valence-corrected chi connectivity index (χ4v) is 14.7. The summed E-state index contributed by atoms with van der Waals surface area (Å²) in [6.45, 7) is 20.9. The van der Waals surface area contributed by atoms with Crippen LogP contribution in [0.3, 0.4) is 0 Å². The average molecular weight is 687 g/mol. The highest BCUT2D eigenvalue weighted by Crippen LogP contribution is 2.33. The Morgan fingerprint density at radius 2 is 1.19 bits per heavy atom. The summed E-state index contributed by atoms with van der Waals surface area (Å²) in [5.41, 5.74) is 4.51. The maximum atomic E-state index is 15.7. The number of hydrogen-bond acceptors (Lipinski definition) is 4. The minimum atomic E-state index is -2.94. The van der Waals surface area contributed by atoms with Gasteiger partial charge >= 0.3 is 0 Å². The van der Waals surface area contributed by atoms with E-state index in [9.17, 15) is 0 Å². The van der Waals surface area contributed by atoms with E-state index in [1.54, 1.807) is 5.19 Å². The first-order valence-corrected chi connectivity index (χ1v) is 22.8. The lowest BCUT2D eigenvalue weighted by atomic mass is 10.1. The number of rotatable bonds is 16. The molecule has 0 bridgehead atoms. The zero-order valence-electron chi connectivity index (χ0n) is 31.1. The third kappa shape index (κ3) is 13.1. The van der Waals surface area contributed by atoms with Gasteiger partial charge in [-0.25, -0.2) is 0 Å². The maximum absolute atomic E-state index is 15.7. The second-order valence-electron chi connectivity index (χ2n) is 15.1. The Morgan fingerprint density at radius 1 is 0.702 bits per heavy atom. The fourth-order valence-electron chi connectivity index (χ4n) is 7.46. The van der Waals surface area contributed by atoms with E-state index in [0.717, 1.165) is 81.0 Å². The highest BCUT2D eigenvalue weighted by molar-refractivity contribution is 6.88. The number of benzene rings is 2. The molecule has 0 aliphatic carbocycles. The topological polar surface area (TPSA) is 36.9 Å². The summed E-state index contributed by atoms with van der Waals surface area (Å²) in [6.07, 6.45) is 10.9. The van der Waals surface area contributed by atoms with Gasteiger partial charge in [0.25, 0.3) is 8.41 Å². The van der Waals surface area contributed by atoms with Crippen molar-refractivity contribution in [2.45, 2.75) is 154 Å². The third-order valence-corrected chi connectivity index (χ3v) is 18.5. The van der Waals surface area contributed by atoms with Gasteiger partial charge in [0.2, 0.25) is 0 Å². The Bertz CT molecular complexity index is 1110. The van der Waals surface area contributed by atoms with E-state index < -0.39 is 17.2 Å². The Hall–Kier alpha value is -1.36. The van der Waals surface area contributed by atoms with Gasteiger partial charge < -0.3 is 23.1 Å². The second-order valence-corrected chi connectivity index (χ2v) is 23.9. The van der Waals surface area contributed by atoms with Gasteiger partial charge in [-0.3, -0.25) is 0 Å². The molecule has 0 amide bonds. The van der Waals surface area contributed by atoms with Crippen LogP contribution < -0.4 is 10.4 Å². The zero-order valence-corrected chi connectivity index (χ0v) is 33.2. The summed E-state index contributed by atoms with van der Waals surface area (Å²) in [5, 5.41) is 2.57. The first kappa shape index (κ1) is 40.1. The van der Waals surface area contributed by atoms with E-state index in [2.05, 4.69) is 64.1 Å². The molecule has 2 aliphatic heterocycles. The summed E-state index contributed by atoms with van der Waals surface area (Å²) in [4.78, 5) is 0. The van der Waals surface area contributed by atoms with Crippen LogP contribution in [-0.2, 0) is 31.8 Å². The summed E-state index contributed by atoms with van der Waals surface area (Å²) in [5.74, 6) is 0. The molecule has 2 heterocycles. The molecule has 4 rings (SSSR count). The van der Waals surface area contributed by atoms with Crippen molar-refractivity contribution < 1.29 is 23.1 Å². The molecule has 0 saturated carbocycles. The highest BCUT2D eigenvalue weighted by Gasteiger charge is 2.43. The van der Waals surface area contributed by atoms with Crippen molar-refractivity contribution in [2.24, 2.45) is 0 Å². The molecular weight excluding hydrogens is 620 g/mol. The predicted molar refractivity (Wildman–Crippen MR) is 202 cm³/mol. The SMILES string of the molecule is CC(C)[SiH](c1cccc(CCCOC2CCCCO2)c1)C(C)C.CC(C)[Si](F)(c1cccc(CCCOC2CCCCO2)c1)C(C)C. The molecule has 2 aliphatic rings. The molecule has 0 aromatic heterocycles. The number of halogens is 1. The van der Waals surface area contributed by atoms with Gasteiger partial charge in [0.05, 0.1) is 22.0 Å². The van der Waals surface area contributed by atoms with Crippen LogP contribution in [0, 0.1) is 0 Å². The van der Waals surface area contributed by atoms with Gasteiger partial charge in [-0.1, -0.05) is 109 Å². The van der Waals surface area contributed by atoms with Crippen LogP contribution in [0.1, 0.15) is 118 Å². The summed E-state index contributed by atoms with van der Waals surface area (Å²) in [6, 6.07) is 17.6. The highest BCUT2D eigenvalue weighted by atomic mass is 28.4. The third-order valence-electron chi connectivity index (χ3n) is 9.93. The molecule has 0 spiro atoms. The molecule has 4 nitrogen and oxygen atoms in total. The van der Waals surface area contributed by atoms with Crippen LogP contribution in [0.15, 0.2) is 48.5 Å². The molecular formula is C40H67FO4Si2. The largest absolute Gasteiger partial charge is 0.353 e. The molecule has 2 fully saturated rings. The van der Waals surface area contributed by atoms with E-state index in [-0.39, 0.29) is 23.7 Å². The van der Waals surface area contributed by atoms with Gasteiger partial charge in [0, 0.05) is 13.2 Å². The monoisotopic (exact) mass is 686 g/mol. The fraction of sp³-hybridized carbons (Fsp3) is 0.700. The molecule has 2 unspecified atom stereocenters. The van der Waals surface area contributed by atoms with Crippen molar-refractivity contribution in [3.63, 3.8) is 0 Å². The van der Waals surface area contributed by atoms with Gasteiger partial charge in [-0.05, 0) is 103 Å². The van der Waals surface area contributed by atoms with Crippen LogP contribution in [0.5, 0.6) is 0 Å². The molecule has 266 valence electrons. The molecule has 47 heavy (non-hydrogen) atoms. The van der Waals surface area contributed by atoms with Gasteiger partial charge in [-0.15, -0.1) is 0 Å². The summed E-state index contributed by atoms with van der Waals surface area (Å²) in [7, 11) is -3.82. The van der Waals surface area contributed by atoms with Gasteiger partial charge in [-0.2, -0.15) is 0 Å². The number of ether oxygens (including phenoxy) is 4. The molecule has 2 atom stereocenters. The van der Waals surface area contributed by atoms with Crippen LogP contribution in [0.2, 0.25) is 22.2 Å². The van der Waals surface area contributed by atoms with Crippen molar-refractivity contribution in [3.05, 3.63) is 59.7 Å². The van der Waals surface area contributed by atoms with Crippen molar-refractivity contribution in [3.8, 4) is 0 Å². The van der Waals surface area contributed by atoms with E-state index in [1.165, 1.54) is 30.4 Å². The predicted octanol–water partition coefficient (Wildman–Crippen LogP) is 9.52. The lowest BCUT2D eigenvalue weighted by molar-refractivity contribution is -0.162. The summed E-state index contributed by atoms with van der Waals surface area (Å²) < 4.78 is 38.5. The van der Waals surface area contributed by atoms with Crippen molar-refractivity contribution in [1.82, 2.24) is 0 Å². The molecule has 7 heteroatoms. The van der Waals surface area contributed by atoms with E-state index >= 15 is 4.11 Å². The molecule has 2 aromatic rings. The molecule has 0 radical (unpaired) electrons. The van der Waals surface area contributed by atoms with Crippen LogP contribution in [0.25, 0.3) is 0 Å². The average Bonchev–Trinajstić information content (AvgIpc) is 3.06. The van der Waals surface area contributed by atoms with Gasteiger partial charge in [0.1, 0.15) is 0 Å². The molecule has 2 aromatic carbocycles. The quantitative estimate of drug-likeness (QED) is 0.100. The minimum Gasteiger partial charge on any atom is -0.353 e. The van der Waals surface area contributed by atoms with E-state index in [1.807, 2.05) is 39.8 Å². The van der Waals surface area contributed by atoms with Crippen molar-refractivity contribution in [2.75, 3.05) is 26.4 Å². The lowest BCUT2D eigenvalue weighted by Gasteiger charge is -2.31. The van der Waals surface area contributed by atoms with Gasteiger partial charge in [0.15, 0.2) is 12.6 Å².